The van der Waals surface area contributed by atoms with Gasteiger partial charge in [0.1, 0.15) is 0 Å². The largest absolute Gasteiger partial charge is 0.463 e. The molecule has 0 radical (unpaired) electrons. The highest BCUT2D eigenvalue weighted by molar-refractivity contribution is 5.95. The number of hydrogen-bond donors (Lipinski definition) is 1. The molecule has 6 nitrogen and oxygen atoms in total. The van der Waals surface area contributed by atoms with E-state index in [1.807, 2.05) is 26.0 Å². The predicted molar refractivity (Wildman–Crippen MR) is 127 cm³/mol. The molecular weight excluding hydrogens is 402 g/mol. The lowest BCUT2D eigenvalue weighted by molar-refractivity contribution is -0.139. The van der Waals surface area contributed by atoms with Gasteiger partial charge in [-0.3, -0.25) is 9.80 Å². The van der Waals surface area contributed by atoms with Crippen molar-refractivity contribution in [2.24, 2.45) is 0 Å². The number of benzene rings is 1. The number of carbonyl (C=O) groups is 2. The molecule has 0 spiro atoms. The number of ether oxygens (including phenoxy) is 1. The number of rotatable bonds is 6. The van der Waals surface area contributed by atoms with Crippen LogP contribution in [0.1, 0.15) is 78.0 Å². The van der Waals surface area contributed by atoms with Crippen molar-refractivity contribution < 1.29 is 14.3 Å². The Balaban J connectivity index is 2.08. The van der Waals surface area contributed by atoms with Crippen LogP contribution in [0.5, 0.6) is 0 Å². The van der Waals surface area contributed by atoms with Crippen LogP contribution >= 0.6 is 0 Å². The molecule has 0 bridgehead atoms. The summed E-state index contributed by atoms with van der Waals surface area (Å²) in [5, 5.41) is 3.07. The zero-order chi connectivity index (χ0) is 23.5. The summed E-state index contributed by atoms with van der Waals surface area (Å²) in [4.78, 5) is 30.4. The summed E-state index contributed by atoms with van der Waals surface area (Å²) in [5.74, 6) is -0.351. The van der Waals surface area contributed by atoms with Gasteiger partial charge in [0.2, 0.25) is 0 Å². The van der Waals surface area contributed by atoms with Gasteiger partial charge in [-0.05, 0) is 56.7 Å². The Bertz CT molecular complexity index is 854. The van der Waals surface area contributed by atoms with E-state index in [-0.39, 0.29) is 17.4 Å². The number of likely N-dealkylation sites (N-methyl/N-ethyl adjacent to an activating group) is 1. The number of likely N-dealkylation sites (tertiary alicyclic amines) is 1. The molecule has 2 aliphatic rings. The third kappa shape index (κ3) is 5.17. The smallest absolute Gasteiger partial charge is 0.338 e. The third-order valence-electron chi connectivity index (χ3n) is 6.65. The summed E-state index contributed by atoms with van der Waals surface area (Å²) in [6.45, 7) is 14.9. The summed E-state index contributed by atoms with van der Waals surface area (Å²) in [6, 6.07) is 7.96. The van der Waals surface area contributed by atoms with Crippen molar-refractivity contribution in [1.82, 2.24) is 15.1 Å². The molecule has 0 aromatic heterocycles. The minimum atomic E-state index is -0.520. The van der Waals surface area contributed by atoms with Gasteiger partial charge in [0.05, 0.1) is 18.2 Å². The maximum atomic E-state index is 13.2. The Labute approximate surface area is 193 Å². The van der Waals surface area contributed by atoms with E-state index in [2.05, 4.69) is 50.0 Å². The average Bonchev–Trinajstić information content (AvgIpc) is 2.74. The van der Waals surface area contributed by atoms with E-state index in [9.17, 15) is 9.59 Å². The van der Waals surface area contributed by atoms with Gasteiger partial charge < -0.3 is 10.1 Å². The molecule has 1 aromatic carbocycles. The molecule has 2 heterocycles. The Morgan fingerprint density at radius 3 is 2.41 bits per heavy atom. The third-order valence-corrected chi connectivity index (χ3v) is 6.65. The molecule has 1 fully saturated rings. The first-order valence-electron chi connectivity index (χ1n) is 12.0. The van der Waals surface area contributed by atoms with Crippen LogP contribution in [-0.2, 0) is 14.9 Å². The number of amides is 2. The van der Waals surface area contributed by atoms with Crippen LogP contribution in [0.25, 0.3) is 0 Å². The molecule has 2 amide bonds. The van der Waals surface area contributed by atoms with Gasteiger partial charge in [0, 0.05) is 24.8 Å². The first-order chi connectivity index (χ1) is 15.2. The molecule has 2 aliphatic heterocycles. The number of esters is 1. The number of carbonyl (C=O) groups excluding carboxylic acids is 2. The van der Waals surface area contributed by atoms with Crippen molar-refractivity contribution in [3.63, 3.8) is 0 Å². The number of piperidine rings is 1. The Morgan fingerprint density at radius 1 is 1.16 bits per heavy atom. The number of nitrogens with one attached hydrogen (secondary N) is 1. The maximum Gasteiger partial charge on any atom is 0.338 e. The van der Waals surface area contributed by atoms with Crippen LogP contribution in [-0.4, -0.2) is 54.1 Å². The Morgan fingerprint density at radius 2 is 1.84 bits per heavy atom. The Kier molecular flexibility index (Phi) is 7.65. The first kappa shape index (κ1) is 24.3. The molecule has 3 rings (SSSR count). The van der Waals surface area contributed by atoms with Gasteiger partial charge in [-0.25, -0.2) is 9.59 Å². The fraction of sp³-hybridized carbons (Fsp3) is 0.615. The van der Waals surface area contributed by atoms with Crippen LogP contribution in [0.15, 0.2) is 35.5 Å². The zero-order valence-corrected chi connectivity index (χ0v) is 20.5. The van der Waals surface area contributed by atoms with E-state index in [0.717, 1.165) is 30.6 Å². The van der Waals surface area contributed by atoms with Gasteiger partial charge >= 0.3 is 12.0 Å². The van der Waals surface area contributed by atoms with E-state index in [0.29, 0.717) is 31.3 Å². The molecule has 0 saturated carbocycles. The van der Waals surface area contributed by atoms with E-state index >= 15 is 0 Å². The van der Waals surface area contributed by atoms with Crippen molar-refractivity contribution in [2.45, 2.75) is 78.3 Å². The highest BCUT2D eigenvalue weighted by Crippen LogP contribution is 2.34. The monoisotopic (exact) mass is 441 g/mol. The molecule has 6 heteroatoms. The maximum absolute atomic E-state index is 13.2. The molecule has 32 heavy (non-hydrogen) atoms. The van der Waals surface area contributed by atoms with Crippen LogP contribution in [0, 0.1) is 0 Å². The van der Waals surface area contributed by atoms with Crippen LogP contribution in [0.4, 0.5) is 4.79 Å². The molecule has 2 unspecified atom stereocenters. The van der Waals surface area contributed by atoms with Crippen molar-refractivity contribution in [1.29, 1.82) is 0 Å². The van der Waals surface area contributed by atoms with Crippen LogP contribution in [0.2, 0.25) is 0 Å². The lowest BCUT2D eigenvalue weighted by Gasteiger charge is -2.40. The first-order valence-corrected chi connectivity index (χ1v) is 12.0. The fourth-order valence-electron chi connectivity index (χ4n) is 4.67. The SMILES string of the molecule is CCOC(=O)C1=C(CN2CCCCC2C)N(CC)C(=O)NC1c1ccc(C(C)(C)C)cc1. The highest BCUT2D eigenvalue weighted by atomic mass is 16.5. The second-order valence-corrected chi connectivity index (χ2v) is 9.89. The average molecular weight is 442 g/mol. The summed E-state index contributed by atoms with van der Waals surface area (Å²) in [7, 11) is 0. The molecule has 0 aliphatic carbocycles. The molecule has 176 valence electrons. The van der Waals surface area contributed by atoms with E-state index in [1.165, 1.54) is 12.0 Å². The normalized spacial score (nSPS) is 22.7. The minimum absolute atomic E-state index is 0.0305. The number of nitrogens with zero attached hydrogens (tertiary/aromatic N) is 2. The lowest BCUT2D eigenvalue weighted by Crippen LogP contribution is -2.52. The van der Waals surface area contributed by atoms with E-state index < -0.39 is 6.04 Å². The van der Waals surface area contributed by atoms with Gasteiger partial charge in [-0.15, -0.1) is 0 Å². The summed E-state index contributed by atoms with van der Waals surface area (Å²) in [5.41, 5.74) is 3.46. The van der Waals surface area contributed by atoms with Crippen molar-refractivity contribution in [3.05, 3.63) is 46.7 Å². The quantitative estimate of drug-likeness (QED) is 0.647. The van der Waals surface area contributed by atoms with Crippen LogP contribution in [0.3, 0.4) is 0 Å². The summed E-state index contributed by atoms with van der Waals surface area (Å²) in [6.07, 6.45) is 3.50. The number of hydrogen-bond acceptors (Lipinski definition) is 4. The molecule has 1 saturated heterocycles. The topological polar surface area (TPSA) is 61.9 Å². The molecule has 1 aromatic rings. The van der Waals surface area contributed by atoms with E-state index in [1.54, 1.807) is 4.90 Å². The van der Waals surface area contributed by atoms with Gasteiger partial charge in [0.15, 0.2) is 0 Å². The van der Waals surface area contributed by atoms with Crippen molar-refractivity contribution in [3.8, 4) is 0 Å². The predicted octanol–water partition coefficient (Wildman–Crippen LogP) is 4.76. The summed E-state index contributed by atoms with van der Waals surface area (Å²) >= 11 is 0. The standard InChI is InChI=1S/C26H39N3O3/c1-7-29-21(17-28-16-10-9-11-18(28)3)22(24(30)32-8-2)23(27-25(29)31)19-12-14-20(15-13-19)26(4,5)6/h12-15,18,23H,7-11,16-17H2,1-6H3,(H,27,31). The molecule has 2 atom stereocenters. The van der Waals surface area contributed by atoms with Gasteiger partial charge in [0.25, 0.3) is 0 Å². The van der Waals surface area contributed by atoms with E-state index in [4.69, 9.17) is 4.74 Å². The zero-order valence-electron chi connectivity index (χ0n) is 20.5. The fourth-order valence-corrected chi connectivity index (χ4v) is 4.67. The van der Waals surface area contributed by atoms with Gasteiger partial charge in [-0.2, -0.15) is 0 Å². The molecule has 1 N–H and O–H groups in total. The molecular formula is C26H39N3O3. The second kappa shape index (κ2) is 10.1. The van der Waals surface area contributed by atoms with Gasteiger partial charge in [-0.1, -0.05) is 51.5 Å². The number of urea groups is 1. The minimum Gasteiger partial charge on any atom is -0.463 e. The Hall–Kier alpha value is -2.34. The van der Waals surface area contributed by atoms with Crippen LogP contribution < -0.4 is 5.32 Å². The van der Waals surface area contributed by atoms with Crippen molar-refractivity contribution in [2.75, 3.05) is 26.2 Å². The summed E-state index contributed by atoms with van der Waals surface area (Å²) < 4.78 is 5.49. The lowest BCUT2D eigenvalue weighted by atomic mass is 9.85. The second-order valence-electron chi connectivity index (χ2n) is 9.89. The van der Waals surface area contributed by atoms with Crippen molar-refractivity contribution >= 4 is 12.0 Å². The highest BCUT2D eigenvalue weighted by Gasteiger charge is 2.39.